The van der Waals surface area contributed by atoms with Gasteiger partial charge in [0.25, 0.3) is 0 Å². The fourth-order valence-corrected chi connectivity index (χ4v) is 4.23. The Balaban J connectivity index is 1.67. The molecule has 146 valence electrons. The van der Waals surface area contributed by atoms with Gasteiger partial charge in [0.1, 0.15) is 11.2 Å². The largest absolute Gasteiger partial charge is 0.392 e. The molecule has 2 aromatic heterocycles. The van der Waals surface area contributed by atoms with Crippen LogP contribution in [0.5, 0.6) is 0 Å². The lowest BCUT2D eigenvalue weighted by molar-refractivity contribution is 0.122. The fourth-order valence-electron chi connectivity index (χ4n) is 4.23. The number of benzene rings is 1. The molecule has 1 aliphatic carbocycles. The van der Waals surface area contributed by atoms with Gasteiger partial charge in [0.15, 0.2) is 11.6 Å². The minimum absolute atomic E-state index is 0.00695. The zero-order chi connectivity index (χ0) is 18.9. The van der Waals surface area contributed by atoms with Crippen molar-refractivity contribution >= 4 is 16.9 Å². The molecule has 5 rings (SSSR count). The Morgan fingerprint density at radius 2 is 1.93 bits per heavy atom. The van der Waals surface area contributed by atoms with Gasteiger partial charge in [0.05, 0.1) is 19.8 Å². The Labute approximate surface area is 163 Å². The zero-order valence-corrected chi connectivity index (χ0v) is 15.8. The summed E-state index contributed by atoms with van der Waals surface area (Å²) in [5.41, 5.74) is 4.19. The number of morpholine rings is 1. The van der Waals surface area contributed by atoms with Crippen molar-refractivity contribution in [2.24, 2.45) is 0 Å². The molecule has 0 spiro atoms. The van der Waals surface area contributed by atoms with E-state index in [2.05, 4.69) is 10.1 Å². The first kappa shape index (κ1) is 17.6. The number of rotatable bonds is 4. The van der Waals surface area contributed by atoms with E-state index < -0.39 is 0 Å². The Morgan fingerprint density at radius 1 is 1.11 bits per heavy atom. The summed E-state index contributed by atoms with van der Waals surface area (Å²) < 4.78 is 11.3. The maximum Gasteiger partial charge on any atom is 0.227 e. The van der Waals surface area contributed by atoms with Gasteiger partial charge in [-0.25, -0.2) is 9.97 Å². The van der Waals surface area contributed by atoms with Gasteiger partial charge in [-0.15, -0.1) is 0 Å². The molecule has 0 unspecified atom stereocenters. The fraction of sp³-hybridized carbons (Fsp3) is 0.476. The van der Waals surface area contributed by atoms with Gasteiger partial charge < -0.3 is 19.3 Å². The Bertz CT molecular complexity index is 975. The van der Waals surface area contributed by atoms with E-state index in [0.717, 1.165) is 54.1 Å². The number of nitrogens with zero attached hydrogens (tertiary/aromatic N) is 4. The van der Waals surface area contributed by atoms with Crippen molar-refractivity contribution in [2.45, 2.75) is 38.2 Å². The molecule has 7 nitrogen and oxygen atoms in total. The van der Waals surface area contributed by atoms with Crippen LogP contribution in [0.4, 0.5) is 5.82 Å². The van der Waals surface area contributed by atoms with E-state index in [9.17, 15) is 5.11 Å². The second-order valence-electron chi connectivity index (χ2n) is 7.56. The minimum Gasteiger partial charge on any atom is -0.392 e. The third-order valence-corrected chi connectivity index (χ3v) is 5.75. The predicted octanol–water partition coefficient (Wildman–Crippen LogP) is 3.27. The van der Waals surface area contributed by atoms with Gasteiger partial charge in [-0.05, 0) is 24.5 Å². The van der Waals surface area contributed by atoms with Crippen LogP contribution in [0.15, 0.2) is 28.8 Å². The van der Waals surface area contributed by atoms with Crippen LogP contribution in [0.3, 0.4) is 0 Å². The predicted molar refractivity (Wildman–Crippen MR) is 105 cm³/mol. The van der Waals surface area contributed by atoms with Crippen molar-refractivity contribution in [3.05, 3.63) is 35.5 Å². The second-order valence-corrected chi connectivity index (χ2v) is 7.56. The smallest absolute Gasteiger partial charge is 0.227 e. The van der Waals surface area contributed by atoms with Crippen LogP contribution in [0.1, 0.15) is 42.9 Å². The molecular formula is C21H24N4O3. The van der Waals surface area contributed by atoms with E-state index in [1.807, 2.05) is 24.3 Å². The number of anilines is 1. The third kappa shape index (κ3) is 3.14. The average molecular weight is 380 g/mol. The summed E-state index contributed by atoms with van der Waals surface area (Å²) >= 11 is 0. The number of hydrogen-bond acceptors (Lipinski definition) is 7. The van der Waals surface area contributed by atoms with Gasteiger partial charge in [0.2, 0.25) is 5.58 Å². The van der Waals surface area contributed by atoms with Gasteiger partial charge in [-0.2, -0.15) is 0 Å². The van der Waals surface area contributed by atoms with Crippen molar-refractivity contribution in [1.29, 1.82) is 0 Å². The van der Waals surface area contributed by atoms with Crippen molar-refractivity contribution in [1.82, 2.24) is 15.1 Å². The lowest BCUT2D eigenvalue weighted by atomic mass is 10.0. The van der Waals surface area contributed by atoms with E-state index in [1.54, 1.807) is 0 Å². The highest BCUT2D eigenvalue weighted by Gasteiger charge is 2.28. The van der Waals surface area contributed by atoms with Gasteiger partial charge in [-0.3, -0.25) is 0 Å². The quantitative estimate of drug-likeness (QED) is 0.743. The highest BCUT2D eigenvalue weighted by molar-refractivity contribution is 5.88. The molecule has 3 aromatic rings. The maximum atomic E-state index is 9.51. The molecule has 0 radical (unpaired) electrons. The number of hydrogen-bond donors (Lipinski definition) is 1. The molecule has 0 atom stereocenters. The zero-order valence-electron chi connectivity index (χ0n) is 15.8. The summed E-state index contributed by atoms with van der Waals surface area (Å²) in [6.07, 6.45) is 4.72. The van der Waals surface area contributed by atoms with Crippen LogP contribution in [0.25, 0.3) is 22.5 Å². The molecule has 7 heteroatoms. The Morgan fingerprint density at radius 3 is 2.71 bits per heavy atom. The molecule has 1 aliphatic heterocycles. The normalized spacial score (nSPS) is 18.2. The van der Waals surface area contributed by atoms with Crippen LogP contribution in [-0.4, -0.2) is 46.5 Å². The average Bonchev–Trinajstić information content (AvgIpc) is 3.43. The number of ether oxygens (including phenoxy) is 1. The number of aliphatic hydroxyl groups excluding tert-OH is 1. The molecule has 1 saturated carbocycles. The minimum atomic E-state index is -0.00695. The first-order valence-electron chi connectivity index (χ1n) is 10.0. The summed E-state index contributed by atoms with van der Waals surface area (Å²) in [6.45, 7) is 2.87. The van der Waals surface area contributed by atoms with Crippen LogP contribution < -0.4 is 4.90 Å². The van der Waals surface area contributed by atoms with Gasteiger partial charge in [0, 0.05) is 24.6 Å². The molecule has 1 saturated heterocycles. The summed E-state index contributed by atoms with van der Waals surface area (Å²) in [4.78, 5) is 11.9. The topological polar surface area (TPSA) is 84.5 Å². The lowest BCUT2D eigenvalue weighted by Gasteiger charge is -2.27. The number of aliphatic hydroxyl groups is 1. The van der Waals surface area contributed by atoms with Gasteiger partial charge in [-0.1, -0.05) is 36.2 Å². The molecule has 0 amide bonds. The molecule has 28 heavy (non-hydrogen) atoms. The molecule has 2 aliphatic rings. The number of fused-ring (bicyclic) bond motifs is 1. The highest BCUT2D eigenvalue weighted by atomic mass is 16.5. The summed E-state index contributed by atoms with van der Waals surface area (Å²) in [7, 11) is 0. The van der Waals surface area contributed by atoms with E-state index >= 15 is 0 Å². The molecule has 1 N–H and O–H groups in total. The number of aromatic nitrogens is 3. The van der Waals surface area contributed by atoms with Crippen LogP contribution in [0, 0.1) is 0 Å². The van der Waals surface area contributed by atoms with Crippen molar-refractivity contribution < 1.29 is 14.4 Å². The van der Waals surface area contributed by atoms with E-state index in [-0.39, 0.29) is 6.61 Å². The van der Waals surface area contributed by atoms with Crippen LogP contribution in [-0.2, 0) is 11.3 Å². The van der Waals surface area contributed by atoms with Gasteiger partial charge >= 0.3 is 0 Å². The molecule has 0 bridgehead atoms. The maximum absolute atomic E-state index is 9.51. The monoisotopic (exact) mass is 380 g/mol. The first-order chi connectivity index (χ1) is 13.8. The molecular weight excluding hydrogens is 356 g/mol. The Kier molecular flexibility index (Phi) is 4.70. The standard InChI is InChI=1S/C21H24N4O3/c26-13-14-4-3-7-16(12-14)20-22-18-17(15-5-1-2-6-15)24-28-19(18)21(23-20)25-8-10-27-11-9-25/h3-4,7,12,15,26H,1-2,5-6,8-11,13H2. The van der Waals surface area contributed by atoms with Crippen LogP contribution in [0.2, 0.25) is 0 Å². The van der Waals surface area contributed by atoms with Crippen molar-refractivity contribution in [2.75, 3.05) is 31.2 Å². The van der Waals surface area contributed by atoms with Crippen molar-refractivity contribution in [3.8, 4) is 11.4 Å². The third-order valence-electron chi connectivity index (χ3n) is 5.75. The highest BCUT2D eigenvalue weighted by Crippen LogP contribution is 2.39. The van der Waals surface area contributed by atoms with E-state index in [1.165, 1.54) is 12.8 Å². The van der Waals surface area contributed by atoms with E-state index in [4.69, 9.17) is 19.2 Å². The molecule has 1 aromatic carbocycles. The van der Waals surface area contributed by atoms with Crippen LogP contribution >= 0.6 is 0 Å². The lowest BCUT2D eigenvalue weighted by Crippen LogP contribution is -2.37. The Hall–Kier alpha value is -2.51. The molecule has 2 fully saturated rings. The first-order valence-corrected chi connectivity index (χ1v) is 10.0. The SMILES string of the molecule is OCc1cccc(-c2nc(N3CCOCC3)c3onc(C4CCCC4)c3n2)c1. The van der Waals surface area contributed by atoms with E-state index in [0.29, 0.717) is 30.5 Å². The van der Waals surface area contributed by atoms with Crippen molar-refractivity contribution in [3.63, 3.8) is 0 Å². The summed E-state index contributed by atoms with van der Waals surface area (Å²) in [5.74, 6) is 1.84. The molecule has 3 heterocycles. The summed E-state index contributed by atoms with van der Waals surface area (Å²) in [5, 5.41) is 13.9. The summed E-state index contributed by atoms with van der Waals surface area (Å²) in [6, 6.07) is 7.74. The second kappa shape index (κ2) is 7.48.